The van der Waals surface area contributed by atoms with E-state index in [0.717, 1.165) is 26.2 Å². The lowest BCUT2D eigenvalue weighted by Crippen LogP contribution is -2.36. The van der Waals surface area contributed by atoms with Crippen LogP contribution in [0.2, 0.25) is 0 Å². The Kier molecular flexibility index (Phi) is 12.9. The van der Waals surface area contributed by atoms with Crippen molar-refractivity contribution in [1.29, 1.82) is 0 Å². The average Bonchev–Trinajstić information content (AvgIpc) is 2.49. The van der Waals surface area contributed by atoms with Crippen molar-refractivity contribution in [1.82, 2.24) is 5.32 Å². The molecule has 0 amide bonds. The lowest BCUT2D eigenvalue weighted by Gasteiger charge is -2.22. The normalized spacial score (nSPS) is 19.4. The van der Waals surface area contributed by atoms with Gasteiger partial charge in [-0.3, -0.25) is 0 Å². The van der Waals surface area contributed by atoms with Crippen LogP contribution >= 0.6 is 11.8 Å². The summed E-state index contributed by atoms with van der Waals surface area (Å²) in [5.74, 6) is 2.58. The number of thioether (sulfide) groups is 1. The Morgan fingerprint density at radius 3 is 2.35 bits per heavy atom. The molecular weight excluding hydrogens is 274 g/mol. The molecule has 0 bridgehead atoms. The minimum atomic E-state index is 0.663. The first-order valence-electron chi connectivity index (χ1n) is 7.98. The van der Waals surface area contributed by atoms with Crippen molar-refractivity contribution in [3.8, 4) is 0 Å². The van der Waals surface area contributed by atoms with Gasteiger partial charge in [0.15, 0.2) is 0 Å². The molecule has 1 heterocycles. The van der Waals surface area contributed by atoms with E-state index >= 15 is 0 Å². The van der Waals surface area contributed by atoms with Gasteiger partial charge >= 0.3 is 0 Å². The summed E-state index contributed by atoms with van der Waals surface area (Å²) >= 11 is 2.05. The number of ether oxygens (including phenoxy) is 3. The average molecular weight is 305 g/mol. The lowest BCUT2D eigenvalue weighted by atomic mass is 10.2. The third kappa shape index (κ3) is 10.9. The van der Waals surface area contributed by atoms with E-state index in [1.807, 2.05) is 0 Å². The molecule has 0 spiro atoms. The summed E-state index contributed by atoms with van der Waals surface area (Å²) in [6.07, 6.45) is 4.98. The fourth-order valence-electron chi connectivity index (χ4n) is 2.03. The Balaban J connectivity index is 1.70. The van der Waals surface area contributed by atoms with Crippen LogP contribution in [-0.2, 0) is 14.2 Å². The molecule has 5 heteroatoms. The predicted octanol–water partition coefficient (Wildman–Crippen LogP) is 2.32. The van der Waals surface area contributed by atoms with Crippen LogP contribution in [0.25, 0.3) is 0 Å². The molecule has 0 aromatic rings. The van der Waals surface area contributed by atoms with E-state index in [-0.39, 0.29) is 0 Å². The third-order valence-corrected chi connectivity index (χ3v) is 4.44. The van der Waals surface area contributed by atoms with Crippen molar-refractivity contribution in [2.45, 2.75) is 38.6 Å². The Morgan fingerprint density at radius 1 is 1.00 bits per heavy atom. The van der Waals surface area contributed by atoms with Crippen molar-refractivity contribution < 1.29 is 14.2 Å². The van der Waals surface area contributed by atoms with Gasteiger partial charge in [0.05, 0.1) is 33.0 Å². The molecule has 1 rings (SSSR count). The van der Waals surface area contributed by atoms with E-state index in [2.05, 4.69) is 24.0 Å². The smallest absolute Gasteiger partial charge is 0.0701 e. The van der Waals surface area contributed by atoms with Crippen LogP contribution in [0.5, 0.6) is 0 Å². The molecule has 1 atom stereocenters. The Bertz CT molecular complexity index is 202. The van der Waals surface area contributed by atoms with E-state index in [1.54, 1.807) is 0 Å². The first-order valence-corrected chi connectivity index (χ1v) is 9.13. The monoisotopic (exact) mass is 305 g/mol. The van der Waals surface area contributed by atoms with E-state index < -0.39 is 0 Å². The highest BCUT2D eigenvalue weighted by molar-refractivity contribution is 7.99. The molecule has 1 saturated heterocycles. The van der Waals surface area contributed by atoms with Crippen LogP contribution in [-0.4, -0.2) is 63.7 Å². The van der Waals surface area contributed by atoms with Gasteiger partial charge in [0, 0.05) is 24.9 Å². The van der Waals surface area contributed by atoms with Crippen LogP contribution in [0.4, 0.5) is 0 Å². The SMILES string of the molecule is CCCCOCCOCCOCCNC1CCCSC1. The second-order valence-electron chi connectivity index (χ2n) is 5.06. The van der Waals surface area contributed by atoms with Gasteiger partial charge in [0.1, 0.15) is 0 Å². The van der Waals surface area contributed by atoms with Gasteiger partial charge in [-0.2, -0.15) is 11.8 Å². The zero-order valence-corrected chi connectivity index (χ0v) is 13.7. The standard InChI is InChI=1S/C15H31NO3S/c1-2-3-7-17-9-11-19-12-10-18-8-6-16-15-5-4-13-20-14-15/h15-16H,2-14H2,1H3. The van der Waals surface area contributed by atoms with E-state index in [0.29, 0.717) is 32.5 Å². The van der Waals surface area contributed by atoms with Crippen LogP contribution in [0.3, 0.4) is 0 Å². The molecule has 20 heavy (non-hydrogen) atoms. The van der Waals surface area contributed by atoms with Crippen LogP contribution in [0, 0.1) is 0 Å². The van der Waals surface area contributed by atoms with Crippen molar-refractivity contribution in [3.63, 3.8) is 0 Å². The van der Waals surface area contributed by atoms with Crippen LogP contribution in [0.15, 0.2) is 0 Å². The molecule has 120 valence electrons. The fraction of sp³-hybridized carbons (Fsp3) is 1.00. The molecule has 0 aliphatic carbocycles. The molecular formula is C15H31NO3S. The zero-order chi connectivity index (χ0) is 14.3. The topological polar surface area (TPSA) is 39.7 Å². The molecule has 0 radical (unpaired) electrons. The molecule has 1 fully saturated rings. The maximum absolute atomic E-state index is 5.53. The van der Waals surface area contributed by atoms with Gasteiger partial charge in [-0.1, -0.05) is 13.3 Å². The zero-order valence-electron chi connectivity index (χ0n) is 12.9. The van der Waals surface area contributed by atoms with Crippen molar-refractivity contribution in [3.05, 3.63) is 0 Å². The summed E-state index contributed by atoms with van der Waals surface area (Å²) in [5.41, 5.74) is 0. The molecule has 1 unspecified atom stereocenters. The molecule has 0 aromatic carbocycles. The number of nitrogens with one attached hydrogen (secondary N) is 1. The first kappa shape index (κ1) is 18.2. The summed E-state index contributed by atoms with van der Waals surface area (Å²) in [4.78, 5) is 0. The Morgan fingerprint density at radius 2 is 1.70 bits per heavy atom. The highest BCUT2D eigenvalue weighted by Gasteiger charge is 2.11. The van der Waals surface area contributed by atoms with Gasteiger partial charge in [0.2, 0.25) is 0 Å². The summed E-state index contributed by atoms with van der Waals surface area (Å²) in [6.45, 7) is 7.45. The highest BCUT2D eigenvalue weighted by Crippen LogP contribution is 2.16. The first-order chi connectivity index (χ1) is 9.93. The molecule has 1 N–H and O–H groups in total. The molecule has 0 saturated carbocycles. The Hall–Kier alpha value is 0.190. The van der Waals surface area contributed by atoms with Crippen molar-refractivity contribution in [2.24, 2.45) is 0 Å². The summed E-state index contributed by atoms with van der Waals surface area (Å²) in [6, 6.07) is 0.689. The number of rotatable bonds is 13. The van der Waals surface area contributed by atoms with E-state index in [9.17, 15) is 0 Å². The van der Waals surface area contributed by atoms with E-state index in [4.69, 9.17) is 14.2 Å². The van der Waals surface area contributed by atoms with Crippen molar-refractivity contribution >= 4 is 11.8 Å². The number of hydrogen-bond acceptors (Lipinski definition) is 5. The van der Waals surface area contributed by atoms with Crippen molar-refractivity contribution in [2.75, 3.05) is 57.7 Å². The van der Waals surface area contributed by atoms with Gasteiger partial charge < -0.3 is 19.5 Å². The second kappa shape index (κ2) is 14.1. The summed E-state index contributed by atoms with van der Waals surface area (Å²) in [5, 5.41) is 3.55. The second-order valence-corrected chi connectivity index (χ2v) is 6.21. The number of hydrogen-bond donors (Lipinski definition) is 1. The van der Waals surface area contributed by atoms with Crippen LogP contribution in [0.1, 0.15) is 32.6 Å². The van der Waals surface area contributed by atoms with Gasteiger partial charge in [-0.05, 0) is 25.0 Å². The lowest BCUT2D eigenvalue weighted by molar-refractivity contribution is 0.0144. The maximum Gasteiger partial charge on any atom is 0.0701 e. The molecule has 1 aliphatic heterocycles. The largest absolute Gasteiger partial charge is 0.379 e. The predicted molar refractivity (Wildman–Crippen MR) is 85.7 cm³/mol. The van der Waals surface area contributed by atoms with Gasteiger partial charge in [-0.25, -0.2) is 0 Å². The van der Waals surface area contributed by atoms with Gasteiger partial charge in [0.25, 0.3) is 0 Å². The minimum Gasteiger partial charge on any atom is -0.379 e. The minimum absolute atomic E-state index is 0.663. The highest BCUT2D eigenvalue weighted by atomic mass is 32.2. The number of unbranched alkanes of at least 4 members (excludes halogenated alkanes) is 1. The van der Waals surface area contributed by atoms with Gasteiger partial charge in [-0.15, -0.1) is 0 Å². The quantitative estimate of drug-likeness (QED) is 0.529. The Labute approximate surface area is 128 Å². The molecule has 0 aromatic heterocycles. The van der Waals surface area contributed by atoms with E-state index in [1.165, 1.54) is 30.8 Å². The third-order valence-electron chi connectivity index (χ3n) is 3.23. The molecule has 1 aliphatic rings. The van der Waals surface area contributed by atoms with Crippen LogP contribution < -0.4 is 5.32 Å². The fourth-order valence-corrected chi connectivity index (χ4v) is 3.13. The maximum atomic E-state index is 5.53. The molecule has 4 nitrogen and oxygen atoms in total. The summed E-state index contributed by atoms with van der Waals surface area (Å²) in [7, 11) is 0. The summed E-state index contributed by atoms with van der Waals surface area (Å²) < 4.78 is 16.4.